The van der Waals surface area contributed by atoms with Crippen LogP contribution in [0, 0.1) is 0 Å². The average molecular weight is 706 g/mol. The molecule has 0 bridgehead atoms. The van der Waals surface area contributed by atoms with E-state index in [2.05, 4.69) is 221 Å². The van der Waals surface area contributed by atoms with Crippen LogP contribution in [0.4, 0.5) is 17.1 Å². The summed E-state index contributed by atoms with van der Waals surface area (Å²) in [4.78, 5) is 2.56. The Morgan fingerprint density at radius 2 is 0.691 bits per heavy atom. The average Bonchev–Trinajstić information content (AvgIpc) is 3.61. The number of anilines is 3. The first kappa shape index (κ1) is 33.2. The molecule has 0 spiro atoms. The summed E-state index contributed by atoms with van der Waals surface area (Å²) in [5, 5.41) is 0. The van der Waals surface area contributed by atoms with Gasteiger partial charge < -0.3 is 4.90 Å². The maximum atomic E-state index is 2.56. The van der Waals surface area contributed by atoms with Crippen molar-refractivity contribution in [1.29, 1.82) is 0 Å². The van der Waals surface area contributed by atoms with Gasteiger partial charge in [-0.15, -0.1) is 0 Å². The summed E-state index contributed by atoms with van der Waals surface area (Å²) >= 11 is 0. The fourth-order valence-electron chi connectivity index (χ4n) is 9.34. The first-order valence-electron chi connectivity index (χ1n) is 19.4. The fourth-order valence-corrected chi connectivity index (χ4v) is 9.34. The van der Waals surface area contributed by atoms with Crippen molar-refractivity contribution in [2.75, 3.05) is 4.90 Å². The Morgan fingerprint density at radius 3 is 1.20 bits per heavy atom. The third-order valence-electron chi connectivity index (χ3n) is 12.3. The van der Waals surface area contributed by atoms with Gasteiger partial charge in [-0.1, -0.05) is 185 Å². The Bertz CT molecular complexity index is 2620. The van der Waals surface area contributed by atoms with Gasteiger partial charge in [-0.2, -0.15) is 0 Å². The van der Waals surface area contributed by atoms with E-state index in [9.17, 15) is 0 Å². The molecule has 0 N–H and O–H groups in total. The number of fused-ring (bicyclic) bond motifs is 6. The monoisotopic (exact) mass is 705 g/mol. The molecule has 0 aliphatic heterocycles. The molecular formula is C54H43N. The molecule has 0 saturated heterocycles. The van der Waals surface area contributed by atoms with Gasteiger partial charge in [0.2, 0.25) is 0 Å². The van der Waals surface area contributed by atoms with Crippen molar-refractivity contribution < 1.29 is 0 Å². The smallest absolute Gasteiger partial charge is 0.0624 e. The summed E-state index contributed by atoms with van der Waals surface area (Å²) in [6.45, 7) is 9.64. The highest BCUT2D eigenvalue weighted by atomic mass is 15.1. The molecule has 2 aliphatic rings. The highest BCUT2D eigenvalue weighted by Gasteiger charge is 2.45. The van der Waals surface area contributed by atoms with E-state index in [0.29, 0.717) is 0 Å². The zero-order valence-corrected chi connectivity index (χ0v) is 31.8. The van der Waals surface area contributed by atoms with E-state index in [1.807, 2.05) is 0 Å². The quantitative estimate of drug-likeness (QED) is 0.166. The molecule has 55 heavy (non-hydrogen) atoms. The van der Waals surface area contributed by atoms with Crippen LogP contribution in [0.1, 0.15) is 49.9 Å². The predicted octanol–water partition coefficient (Wildman–Crippen LogP) is 14.8. The third-order valence-corrected chi connectivity index (χ3v) is 12.3. The molecule has 0 aromatic heterocycles. The van der Waals surface area contributed by atoms with Crippen LogP contribution in [-0.2, 0) is 10.8 Å². The number of rotatable bonds is 6. The summed E-state index contributed by atoms with van der Waals surface area (Å²) in [6, 6.07) is 69.4. The van der Waals surface area contributed by atoms with Crippen LogP contribution in [0.3, 0.4) is 0 Å². The lowest BCUT2D eigenvalue weighted by molar-refractivity contribution is 0.639. The normalized spacial score (nSPS) is 14.1. The van der Waals surface area contributed by atoms with Crippen molar-refractivity contribution in [2.45, 2.75) is 38.5 Å². The van der Waals surface area contributed by atoms with Gasteiger partial charge in [-0.25, -0.2) is 0 Å². The van der Waals surface area contributed by atoms with Gasteiger partial charge in [0.25, 0.3) is 0 Å². The van der Waals surface area contributed by atoms with Gasteiger partial charge in [-0.05, 0) is 97.1 Å². The van der Waals surface area contributed by atoms with Gasteiger partial charge in [0.15, 0.2) is 0 Å². The molecule has 1 nitrogen and oxygen atoms in total. The highest BCUT2D eigenvalue weighted by molar-refractivity contribution is 6.06. The van der Waals surface area contributed by atoms with Crippen LogP contribution in [0.5, 0.6) is 0 Å². The summed E-state index contributed by atoms with van der Waals surface area (Å²) < 4.78 is 0. The molecule has 0 fully saturated rings. The number of hydrogen-bond donors (Lipinski definition) is 0. The topological polar surface area (TPSA) is 3.24 Å². The number of hydrogen-bond acceptors (Lipinski definition) is 1. The van der Waals surface area contributed by atoms with E-state index in [-0.39, 0.29) is 10.8 Å². The van der Waals surface area contributed by atoms with Crippen LogP contribution in [-0.4, -0.2) is 0 Å². The second-order valence-corrected chi connectivity index (χ2v) is 16.2. The predicted molar refractivity (Wildman–Crippen MR) is 233 cm³/mol. The lowest BCUT2D eigenvalue weighted by Gasteiger charge is -2.33. The first-order valence-corrected chi connectivity index (χ1v) is 19.4. The van der Waals surface area contributed by atoms with E-state index < -0.39 is 0 Å². The maximum absolute atomic E-state index is 2.56. The van der Waals surface area contributed by atoms with Crippen molar-refractivity contribution in [2.24, 2.45) is 0 Å². The zero-order valence-electron chi connectivity index (χ0n) is 31.8. The molecular weight excluding hydrogens is 663 g/mol. The minimum Gasteiger partial charge on any atom is -0.309 e. The first-order chi connectivity index (χ1) is 26.8. The Morgan fingerprint density at radius 1 is 0.309 bits per heavy atom. The van der Waals surface area contributed by atoms with E-state index in [1.165, 1.54) is 83.6 Å². The molecule has 0 radical (unpaired) electrons. The van der Waals surface area contributed by atoms with Crippen molar-refractivity contribution in [3.05, 3.63) is 210 Å². The fraction of sp³-hybridized carbons (Fsp3) is 0.111. The number of nitrogens with zero attached hydrogens (tertiary/aromatic N) is 1. The van der Waals surface area contributed by atoms with Crippen LogP contribution >= 0.6 is 0 Å². The molecule has 0 heterocycles. The van der Waals surface area contributed by atoms with E-state index in [4.69, 9.17) is 0 Å². The summed E-state index contributed by atoms with van der Waals surface area (Å²) in [6.07, 6.45) is 0. The lowest BCUT2D eigenvalue weighted by atomic mass is 9.77. The van der Waals surface area contributed by atoms with Crippen molar-refractivity contribution in [3.63, 3.8) is 0 Å². The molecule has 1 heteroatoms. The van der Waals surface area contributed by atoms with Crippen molar-refractivity contribution in [1.82, 2.24) is 0 Å². The summed E-state index contributed by atoms with van der Waals surface area (Å²) in [5.74, 6) is 0. The molecule has 264 valence electrons. The van der Waals surface area contributed by atoms with Gasteiger partial charge in [-0.3, -0.25) is 0 Å². The largest absolute Gasteiger partial charge is 0.309 e. The van der Waals surface area contributed by atoms with Gasteiger partial charge in [0.1, 0.15) is 0 Å². The lowest BCUT2D eigenvalue weighted by Crippen LogP contribution is -2.20. The molecule has 8 aromatic rings. The second kappa shape index (κ2) is 12.6. The SMILES string of the molecule is CC1(C)c2ccccc2-c2c1cc1c(c2N(c2ccc(-c3ccccc3)cc2)c2ccc(-c3ccccc3)cc2)-c2cc(-c3ccccc3)ccc2C1(C)C. The van der Waals surface area contributed by atoms with Crippen LogP contribution in [0.15, 0.2) is 188 Å². The maximum Gasteiger partial charge on any atom is 0.0624 e. The number of benzene rings is 8. The molecule has 0 saturated carbocycles. The van der Waals surface area contributed by atoms with Crippen LogP contribution in [0.2, 0.25) is 0 Å². The minimum atomic E-state index is -0.200. The molecule has 8 aromatic carbocycles. The zero-order chi connectivity index (χ0) is 37.3. The Balaban J connectivity index is 1.29. The minimum absolute atomic E-state index is 0.171. The third kappa shape index (κ3) is 5.22. The molecule has 0 amide bonds. The van der Waals surface area contributed by atoms with Crippen LogP contribution < -0.4 is 4.90 Å². The molecule has 2 aliphatic carbocycles. The Labute approximate surface area is 325 Å². The molecule has 0 atom stereocenters. The van der Waals surface area contributed by atoms with Gasteiger partial charge in [0, 0.05) is 33.3 Å². The van der Waals surface area contributed by atoms with E-state index >= 15 is 0 Å². The summed E-state index contributed by atoms with van der Waals surface area (Å²) in [5.41, 5.74) is 21.3. The highest BCUT2D eigenvalue weighted by Crippen LogP contribution is 2.63. The van der Waals surface area contributed by atoms with Gasteiger partial charge >= 0.3 is 0 Å². The standard InChI is InChI=1S/C54H43N/c1-53(2)46-23-15-14-22-44(46)50-48(53)35-49-51(45-34-41(38-20-12-7-13-21-38)28-33-47(45)54(49,3)4)52(50)55(42-29-24-39(25-30-42)36-16-8-5-9-17-36)43-31-26-40(27-32-43)37-18-10-6-11-19-37/h5-35H,1-4H3. The Kier molecular flexibility index (Phi) is 7.58. The van der Waals surface area contributed by atoms with Crippen molar-refractivity contribution >= 4 is 17.1 Å². The summed E-state index contributed by atoms with van der Waals surface area (Å²) in [7, 11) is 0. The van der Waals surface area contributed by atoms with Crippen molar-refractivity contribution in [3.8, 4) is 55.6 Å². The molecule has 0 unspecified atom stereocenters. The van der Waals surface area contributed by atoms with Gasteiger partial charge in [0.05, 0.1) is 5.69 Å². The van der Waals surface area contributed by atoms with E-state index in [1.54, 1.807) is 0 Å². The molecule has 10 rings (SSSR count). The van der Waals surface area contributed by atoms with E-state index in [0.717, 1.165) is 11.4 Å². The second-order valence-electron chi connectivity index (χ2n) is 16.2. The Hall–Kier alpha value is -6.44. The van der Waals surface area contributed by atoms with Crippen LogP contribution in [0.25, 0.3) is 55.6 Å².